The fourth-order valence-electron chi connectivity index (χ4n) is 1.72. The molecule has 8 nitrogen and oxygen atoms in total. The molecule has 1 saturated carbocycles. The van der Waals surface area contributed by atoms with Crippen LogP contribution >= 0.6 is 0 Å². The third-order valence-electron chi connectivity index (χ3n) is 2.74. The first-order valence-corrected chi connectivity index (χ1v) is 5.30. The summed E-state index contributed by atoms with van der Waals surface area (Å²) in [7, 11) is 0. The zero-order chi connectivity index (χ0) is 13.3. The molecule has 0 aliphatic heterocycles. The van der Waals surface area contributed by atoms with Crippen LogP contribution in [-0.4, -0.2) is 38.2 Å². The Labute approximate surface area is 101 Å². The van der Waals surface area contributed by atoms with Gasteiger partial charge in [0, 0.05) is 12.1 Å². The molecule has 3 N–H and O–H groups in total. The lowest BCUT2D eigenvalue weighted by molar-refractivity contribution is -0.384. The molecular weight excluding hydrogens is 242 g/mol. The molecule has 0 bridgehead atoms. The van der Waals surface area contributed by atoms with Crippen LogP contribution in [0.5, 0.6) is 0 Å². The zero-order valence-corrected chi connectivity index (χ0v) is 9.24. The smallest absolute Gasteiger partial charge is 0.354 e. The highest BCUT2D eigenvalue weighted by Crippen LogP contribution is 2.28. The topological polar surface area (TPSA) is 126 Å². The fourth-order valence-corrected chi connectivity index (χ4v) is 1.72. The van der Waals surface area contributed by atoms with Gasteiger partial charge in [-0.3, -0.25) is 10.1 Å². The van der Waals surface area contributed by atoms with Crippen LogP contribution < -0.4 is 5.32 Å². The van der Waals surface area contributed by atoms with E-state index < -0.39 is 17.0 Å². The second-order valence-corrected chi connectivity index (χ2v) is 4.09. The number of carbonyl (C=O) groups is 1. The third kappa shape index (κ3) is 2.38. The number of pyridine rings is 1. The van der Waals surface area contributed by atoms with Gasteiger partial charge in [-0.05, 0) is 18.9 Å². The van der Waals surface area contributed by atoms with Crippen molar-refractivity contribution in [1.82, 2.24) is 4.98 Å². The number of aromatic nitrogens is 1. The van der Waals surface area contributed by atoms with Gasteiger partial charge in [-0.15, -0.1) is 0 Å². The summed E-state index contributed by atoms with van der Waals surface area (Å²) in [5.41, 5.74) is -0.538. The minimum absolute atomic E-state index is 0.0724. The van der Waals surface area contributed by atoms with E-state index >= 15 is 0 Å². The molecule has 0 aromatic carbocycles. The standard InChI is InChI=1S/C10H11N3O5/c14-6-3-5(4-6)11-9-8(13(17)18)2-1-7(12-9)10(15)16/h1-2,5-6,14H,3-4H2,(H,11,12)(H,15,16). The van der Waals surface area contributed by atoms with Crippen molar-refractivity contribution in [2.24, 2.45) is 0 Å². The largest absolute Gasteiger partial charge is 0.477 e. The molecule has 1 aliphatic rings. The number of nitro groups is 1. The van der Waals surface area contributed by atoms with Gasteiger partial charge in [0.05, 0.1) is 11.0 Å². The molecule has 0 amide bonds. The van der Waals surface area contributed by atoms with Gasteiger partial charge in [0.25, 0.3) is 0 Å². The summed E-state index contributed by atoms with van der Waals surface area (Å²) in [5.74, 6) is -1.32. The summed E-state index contributed by atoms with van der Waals surface area (Å²) in [4.78, 5) is 24.6. The lowest BCUT2D eigenvalue weighted by Crippen LogP contribution is -2.39. The first-order chi connectivity index (χ1) is 8.47. The molecule has 1 aromatic rings. The van der Waals surface area contributed by atoms with Crippen molar-refractivity contribution in [3.05, 3.63) is 27.9 Å². The number of hydrogen-bond donors (Lipinski definition) is 3. The van der Waals surface area contributed by atoms with Crippen molar-refractivity contribution in [2.75, 3.05) is 5.32 Å². The van der Waals surface area contributed by atoms with E-state index in [4.69, 9.17) is 10.2 Å². The second-order valence-electron chi connectivity index (χ2n) is 4.09. The average molecular weight is 253 g/mol. The lowest BCUT2D eigenvalue weighted by atomic mass is 9.89. The highest BCUT2D eigenvalue weighted by molar-refractivity contribution is 5.86. The van der Waals surface area contributed by atoms with Crippen LogP contribution in [0.1, 0.15) is 23.3 Å². The average Bonchev–Trinajstić information content (AvgIpc) is 2.26. The van der Waals surface area contributed by atoms with Gasteiger partial charge in [-0.2, -0.15) is 0 Å². The monoisotopic (exact) mass is 253 g/mol. The van der Waals surface area contributed by atoms with E-state index in [1.807, 2.05) is 0 Å². The van der Waals surface area contributed by atoms with Gasteiger partial charge >= 0.3 is 11.7 Å². The van der Waals surface area contributed by atoms with E-state index in [1.54, 1.807) is 0 Å². The van der Waals surface area contributed by atoms with Crippen molar-refractivity contribution in [2.45, 2.75) is 25.0 Å². The number of rotatable bonds is 4. The van der Waals surface area contributed by atoms with E-state index in [9.17, 15) is 14.9 Å². The predicted octanol–water partition coefficient (Wildman–Crippen LogP) is 0.623. The molecule has 0 spiro atoms. The maximum Gasteiger partial charge on any atom is 0.354 e. The second kappa shape index (κ2) is 4.57. The third-order valence-corrected chi connectivity index (χ3v) is 2.74. The van der Waals surface area contributed by atoms with Gasteiger partial charge < -0.3 is 15.5 Å². The van der Waals surface area contributed by atoms with Crippen molar-refractivity contribution in [3.8, 4) is 0 Å². The Morgan fingerprint density at radius 2 is 2.17 bits per heavy atom. The molecule has 0 atom stereocenters. The first-order valence-electron chi connectivity index (χ1n) is 5.30. The molecule has 0 unspecified atom stereocenters. The van der Waals surface area contributed by atoms with E-state index in [1.165, 1.54) is 0 Å². The van der Waals surface area contributed by atoms with Crippen LogP contribution in [0.15, 0.2) is 12.1 Å². The highest BCUT2D eigenvalue weighted by atomic mass is 16.6. The number of aliphatic hydroxyl groups is 1. The summed E-state index contributed by atoms with van der Waals surface area (Å²) in [6.45, 7) is 0. The Hall–Kier alpha value is -2.22. The predicted molar refractivity (Wildman–Crippen MR) is 60.5 cm³/mol. The summed E-state index contributed by atoms with van der Waals surface area (Å²) < 4.78 is 0. The van der Waals surface area contributed by atoms with Gasteiger partial charge in [0.2, 0.25) is 5.82 Å². The molecular formula is C10H11N3O5. The molecule has 2 rings (SSSR count). The molecule has 1 fully saturated rings. The molecule has 1 aliphatic carbocycles. The summed E-state index contributed by atoms with van der Waals surface area (Å²) in [5, 5.41) is 31.5. The highest BCUT2D eigenvalue weighted by Gasteiger charge is 2.30. The maximum absolute atomic E-state index is 10.8. The van der Waals surface area contributed by atoms with Gasteiger partial charge in [0.1, 0.15) is 0 Å². The number of carboxylic acids is 1. The Balaban J connectivity index is 2.26. The van der Waals surface area contributed by atoms with Crippen LogP contribution in [0.2, 0.25) is 0 Å². The maximum atomic E-state index is 10.8. The van der Waals surface area contributed by atoms with Gasteiger partial charge in [-0.1, -0.05) is 0 Å². The van der Waals surface area contributed by atoms with Crippen molar-refractivity contribution >= 4 is 17.5 Å². The van der Waals surface area contributed by atoms with Gasteiger partial charge in [0.15, 0.2) is 5.69 Å². The number of nitrogens with one attached hydrogen (secondary N) is 1. The van der Waals surface area contributed by atoms with E-state index in [0.717, 1.165) is 12.1 Å². The summed E-state index contributed by atoms with van der Waals surface area (Å²) in [6.07, 6.45) is 0.524. The van der Waals surface area contributed by atoms with Crippen LogP contribution in [0.25, 0.3) is 0 Å². The molecule has 1 aromatic heterocycles. The molecule has 0 saturated heterocycles. The van der Waals surface area contributed by atoms with Crippen molar-refractivity contribution in [3.63, 3.8) is 0 Å². The van der Waals surface area contributed by atoms with E-state index in [-0.39, 0.29) is 23.2 Å². The lowest BCUT2D eigenvalue weighted by Gasteiger charge is -2.32. The van der Waals surface area contributed by atoms with Crippen LogP contribution in [0, 0.1) is 10.1 Å². The number of anilines is 1. The van der Waals surface area contributed by atoms with E-state index in [0.29, 0.717) is 12.8 Å². The quantitative estimate of drug-likeness (QED) is 0.530. The van der Waals surface area contributed by atoms with E-state index in [2.05, 4.69) is 10.3 Å². The Kier molecular flexibility index (Phi) is 3.11. The fraction of sp³-hybridized carbons (Fsp3) is 0.400. The van der Waals surface area contributed by atoms with Crippen molar-refractivity contribution < 1.29 is 19.9 Å². The molecule has 96 valence electrons. The Morgan fingerprint density at radius 3 is 2.67 bits per heavy atom. The normalized spacial score (nSPS) is 22.1. The number of nitrogens with zero attached hydrogens (tertiary/aromatic N) is 2. The minimum atomic E-state index is -1.25. The summed E-state index contributed by atoms with van der Waals surface area (Å²) in [6, 6.07) is 2.07. The number of carboxylic acid groups (broad SMARTS) is 1. The SMILES string of the molecule is O=C(O)c1ccc([N+](=O)[O-])c(NC2CC(O)C2)n1. The van der Waals surface area contributed by atoms with Crippen LogP contribution in [0.4, 0.5) is 11.5 Å². The molecule has 0 radical (unpaired) electrons. The van der Waals surface area contributed by atoms with Gasteiger partial charge in [-0.25, -0.2) is 9.78 Å². The molecule has 1 heterocycles. The van der Waals surface area contributed by atoms with Crippen LogP contribution in [0.3, 0.4) is 0 Å². The van der Waals surface area contributed by atoms with Crippen LogP contribution in [-0.2, 0) is 0 Å². The minimum Gasteiger partial charge on any atom is -0.477 e. The zero-order valence-electron chi connectivity index (χ0n) is 9.24. The molecule has 8 heteroatoms. The Morgan fingerprint density at radius 1 is 1.50 bits per heavy atom. The number of aliphatic hydroxyl groups excluding tert-OH is 1. The number of hydrogen-bond acceptors (Lipinski definition) is 6. The Bertz CT molecular complexity index is 498. The summed E-state index contributed by atoms with van der Waals surface area (Å²) >= 11 is 0. The molecule has 18 heavy (non-hydrogen) atoms. The number of aromatic carboxylic acids is 1. The van der Waals surface area contributed by atoms with Crippen molar-refractivity contribution in [1.29, 1.82) is 0 Å². The first kappa shape index (κ1) is 12.2.